The van der Waals surface area contributed by atoms with Crippen LogP contribution in [0.5, 0.6) is 0 Å². The van der Waals surface area contributed by atoms with Gasteiger partial charge in [-0.15, -0.1) is 0 Å². The van der Waals surface area contributed by atoms with Crippen LogP contribution < -0.4 is 5.32 Å². The first-order valence-electron chi connectivity index (χ1n) is 11.8. The van der Waals surface area contributed by atoms with Gasteiger partial charge in [-0.05, 0) is 29.3 Å². The Kier molecular flexibility index (Phi) is 5.43. The Morgan fingerprint density at radius 2 is 1.34 bits per heavy atom. The third-order valence-corrected chi connectivity index (χ3v) is 6.39. The summed E-state index contributed by atoms with van der Waals surface area (Å²) in [5.41, 5.74) is 5.36. The number of fused-ring (bicyclic) bond motifs is 2. The predicted molar refractivity (Wildman–Crippen MR) is 142 cm³/mol. The summed E-state index contributed by atoms with van der Waals surface area (Å²) >= 11 is 0. The Morgan fingerprint density at radius 1 is 0.686 bits per heavy atom. The highest BCUT2D eigenvalue weighted by Gasteiger charge is 2.17. The van der Waals surface area contributed by atoms with Crippen LogP contribution in [0, 0.1) is 0 Å². The van der Waals surface area contributed by atoms with Gasteiger partial charge < -0.3 is 5.32 Å². The van der Waals surface area contributed by atoms with Gasteiger partial charge in [-0.25, -0.2) is 9.97 Å². The summed E-state index contributed by atoms with van der Waals surface area (Å²) in [5.74, 6) is 1.72. The van der Waals surface area contributed by atoms with Crippen molar-refractivity contribution in [2.75, 3.05) is 11.9 Å². The fourth-order valence-corrected chi connectivity index (χ4v) is 4.69. The zero-order chi connectivity index (χ0) is 23.6. The van der Waals surface area contributed by atoms with Gasteiger partial charge in [-0.1, -0.05) is 84.9 Å². The number of para-hydroxylation sites is 1. The van der Waals surface area contributed by atoms with Crippen molar-refractivity contribution >= 4 is 27.6 Å². The molecule has 2 heterocycles. The Morgan fingerprint density at radius 3 is 2.09 bits per heavy atom. The fraction of sp³-hybridized carbons (Fsp3) is 0.100. The van der Waals surface area contributed by atoms with Crippen molar-refractivity contribution in [2.45, 2.75) is 5.92 Å². The maximum atomic E-state index is 5.03. The summed E-state index contributed by atoms with van der Waals surface area (Å²) in [6, 6.07) is 35.5. The van der Waals surface area contributed by atoms with Crippen molar-refractivity contribution < 1.29 is 0 Å². The van der Waals surface area contributed by atoms with E-state index in [-0.39, 0.29) is 5.92 Å². The van der Waals surface area contributed by atoms with Gasteiger partial charge in [0.1, 0.15) is 5.82 Å². The summed E-state index contributed by atoms with van der Waals surface area (Å²) in [4.78, 5) is 9.95. The van der Waals surface area contributed by atoms with E-state index >= 15 is 0 Å². The Bertz CT molecular complexity index is 1570. The highest BCUT2D eigenvalue weighted by atomic mass is 15.2. The second-order valence-corrected chi connectivity index (χ2v) is 8.71. The molecular weight excluding hydrogens is 430 g/mol. The largest absolute Gasteiger partial charge is 0.368 e. The molecule has 5 nitrogen and oxygen atoms in total. The Labute approximate surface area is 204 Å². The molecule has 1 N–H and O–H groups in total. The molecule has 0 atom stereocenters. The molecule has 0 aliphatic carbocycles. The van der Waals surface area contributed by atoms with E-state index in [2.05, 4.69) is 83.2 Å². The van der Waals surface area contributed by atoms with Crippen molar-refractivity contribution in [1.29, 1.82) is 0 Å². The van der Waals surface area contributed by atoms with Gasteiger partial charge >= 0.3 is 0 Å². The number of aromatic nitrogens is 4. The molecule has 0 amide bonds. The normalized spacial score (nSPS) is 11.4. The van der Waals surface area contributed by atoms with E-state index in [1.807, 2.05) is 48.3 Å². The van der Waals surface area contributed by atoms with Crippen LogP contribution in [0.25, 0.3) is 33.2 Å². The van der Waals surface area contributed by atoms with E-state index in [1.165, 1.54) is 11.1 Å². The predicted octanol–water partition coefficient (Wildman–Crippen LogP) is 6.43. The highest BCUT2D eigenvalue weighted by molar-refractivity contribution is 5.96. The van der Waals surface area contributed by atoms with Crippen LogP contribution in [-0.4, -0.2) is 26.3 Å². The minimum atomic E-state index is 0.191. The standard InChI is InChI=1S/C30H25N5/c1-35-20-26-23(16-10-18-28(26)34-35)30-32-27-17-9-8-15-24(27)29(33-30)31-19-25(21-11-4-2-5-12-21)22-13-6-3-7-14-22/h2-18,20,25H,19H2,1H3,(H,31,32,33). The molecule has 6 rings (SSSR count). The van der Waals surface area contributed by atoms with Gasteiger partial charge in [0.2, 0.25) is 0 Å². The molecule has 6 aromatic rings. The molecular formula is C30H25N5. The molecule has 2 aromatic heterocycles. The lowest BCUT2D eigenvalue weighted by atomic mass is 9.91. The van der Waals surface area contributed by atoms with Crippen LogP contribution in [0.3, 0.4) is 0 Å². The van der Waals surface area contributed by atoms with E-state index in [0.29, 0.717) is 12.4 Å². The SMILES string of the molecule is Cn1cc2c(-c3nc(NCC(c4ccccc4)c4ccccc4)c4ccccc4n3)cccc2n1. The minimum absolute atomic E-state index is 0.191. The van der Waals surface area contributed by atoms with E-state index in [1.54, 1.807) is 0 Å². The molecule has 0 aliphatic heterocycles. The highest BCUT2D eigenvalue weighted by Crippen LogP contribution is 2.31. The molecule has 35 heavy (non-hydrogen) atoms. The first-order valence-corrected chi connectivity index (χ1v) is 11.8. The zero-order valence-corrected chi connectivity index (χ0v) is 19.5. The lowest BCUT2D eigenvalue weighted by Gasteiger charge is -2.20. The van der Waals surface area contributed by atoms with E-state index < -0.39 is 0 Å². The number of nitrogens with one attached hydrogen (secondary N) is 1. The van der Waals surface area contributed by atoms with Crippen molar-refractivity contribution in [2.24, 2.45) is 7.05 Å². The van der Waals surface area contributed by atoms with Crippen molar-refractivity contribution in [3.8, 4) is 11.4 Å². The number of hydrogen-bond acceptors (Lipinski definition) is 4. The summed E-state index contributed by atoms with van der Waals surface area (Å²) in [6.45, 7) is 0.714. The lowest BCUT2D eigenvalue weighted by Crippen LogP contribution is -2.15. The van der Waals surface area contributed by atoms with Crippen LogP contribution in [-0.2, 0) is 7.05 Å². The molecule has 0 fully saturated rings. The van der Waals surface area contributed by atoms with Gasteiger partial charge in [0.25, 0.3) is 0 Å². The van der Waals surface area contributed by atoms with E-state index in [0.717, 1.165) is 33.2 Å². The molecule has 0 saturated heterocycles. The van der Waals surface area contributed by atoms with Crippen molar-refractivity contribution in [3.05, 3.63) is 120 Å². The molecule has 4 aromatic carbocycles. The van der Waals surface area contributed by atoms with E-state index in [9.17, 15) is 0 Å². The topological polar surface area (TPSA) is 55.6 Å². The van der Waals surface area contributed by atoms with Crippen LogP contribution >= 0.6 is 0 Å². The molecule has 0 aliphatic rings. The monoisotopic (exact) mass is 455 g/mol. The van der Waals surface area contributed by atoms with Crippen LogP contribution in [0.4, 0.5) is 5.82 Å². The molecule has 0 saturated carbocycles. The quantitative estimate of drug-likeness (QED) is 0.315. The van der Waals surface area contributed by atoms with Gasteiger partial charge in [-0.2, -0.15) is 5.10 Å². The average molecular weight is 456 g/mol. The van der Waals surface area contributed by atoms with Crippen molar-refractivity contribution in [1.82, 2.24) is 19.7 Å². The second-order valence-electron chi connectivity index (χ2n) is 8.71. The summed E-state index contributed by atoms with van der Waals surface area (Å²) in [7, 11) is 1.94. The van der Waals surface area contributed by atoms with Crippen LogP contribution in [0.15, 0.2) is 109 Å². The molecule has 0 radical (unpaired) electrons. The molecule has 0 bridgehead atoms. The third kappa shape index (κ3) is 4.13. The molecule has 0 unspecified atom stereocenters. The molecule has 0 spiro atoms. The summed E-state index contributed by atoms with van der Waals surface area (Å²) in [5, 5.41) is 10.3. The first kappa shape index (κ1) is 21.1. The van der Waals surface area contributed by atoms with Crippen molar-refractivity contribution in [3.63, 3.8) is 0 Å². The van der Waals surface area contributed by atoms with Gasteiger partial charge in [-0.3, -0.25) is 4.68 Å². The smallest absolute Gasteiger partial charge is 0.162 e. The average Bonchev–Trinajstić information content (AvgIpc) is 3.30. The second kappa shape index (κ2) is 9.03. The fourth-order valence-electron chi connectivity index (χ4n) is 4.69. The number of rotatable bonds is 6. The number of anilines is 1. The number of benzene rings is 4. The van der Waals surface area contributed by atoms with Crippen LogP contribution in [0.2, 0.25) is 0 Å². The maximum Gasteiger partial charge on any atom is 0.162 e. The van der Waals surface area contributed by atoms with Gasteiger partial charge in [0.05, 0.1) is 11.0 Å². The van der Waals surface area contributed by atoms with E-state index in [4.69, 9.17) is 9.97 Å². The third-order valence-electron chi connectivity index (χ3n) is 6.39. The molecule has 5 heteroatoms. The summed E-state index contributed by atoms with van der Waals surface area (Å²) in [6.07, 6.45) is 2.02. The Hall–Kier alpha value is -4.51. The molecule has 170 valence electrons. The lowest BCUT2D eigenvalue weighted by molar-refractivity contribution is 0.780. The zero-order valence-electron chi connectivity index (χ0n) is 19.5. The maximum absolute atomic E-state index is 5.03. The Balaban J connectivity index is 1.43. The number of hydrogen-bond donors (Lipinski definition) is 1. The number of aryl methyl sites for hydroxylation is 1. The first-order chi connectivity index (χ1) is 17.3. The van der Waals surface area contributed by atoms with Gasteiger partial charge in [0, 0.05) is 42.0 Å². The van der Waals surface area contributed by atoms with Gasteiger partial charge in [0.15, 0.2) is 5.82 Å². The summed E-state index contributed by atoms with van der Waals surface area (Å²) < 4.78 is 1.83. The van der Waals surface area contributed by atoms with Crippen LogP contribution in [0.1, 0.15) is 17.0 Å². The minimum Gasteiger partial charge on any atom is -0.368 e. The number of nitrogens with zero attached hydrogens (tertiary/aromatic N) is 4.